The van der Waals surface area contributed by atoms with Crippen LogP contribution in [0.25, 0.3) is 44.1 Å². The van der Waals surface area contributed by atoms with Crippen molar-refractivity contribution in [2.24, 2.45) is 0 Å². The maximum Gasteiger partial charge on any atom is 0.255 e. The van der Waals surface area contributed by atoms with Gasteiger partial charge in [-0.25, -0.2) is 13.8 Å². The van der Waals surface area contributed by atoms with Crippen molar-refractivity contribution in [3.63, 3.8) is 0 Å². The van der Waals surface area contributed by atoms with E-state index in [0.717, 1.165) is 28.9 Å². The maximum atomic E-state index is 14.2. The number of nitrogens with zero attached hydrogens (tertiary/aromatic N) is 2. The zero-order valence-electron chi connectivity index (χ0n) is 22.4. The van der Waals surface area contributed by atoms with E-state index in [1.165, 1.54) is 30.1 Å². The third kappa shape index (κ3) is 4.74. The minimum absolute atomic E-state index is 0.158. The molecule has 41 heavy (non-hydrogen) atoms. The molecule has 0 radical (unpaired) electrons. The molecule has 0 saturated carbocycles. The van der Waals surface area contributed by atoms with E-state index in [4.69, 9.17) is 13.0 Å². The summed E-state index contributed by atoms with van der Waals surface area (Å²) in [6.07, 6.45) is 3.80. The number of anilines is 1. The standard InChI is InChI=1S/C30H23F2N3O4S2/c1-15-12-24(39-41-28(15)30-34-26-20(32)6-5-7-22(26)38-30)18-13-19-23(14-21(18)35(3)40-4)37-27(25(19)29(36)33-2)16-8-10-17(31)11-9-16/h5-14H,1-4H3,(H,33,36). The zero-order chi connectivity index (χ0) is 28.8. The fourth-order valence-electron chi connectivity index (χ4n) is 4.62. The van der Waals surface area contributed by atoms with Crippen LogP contribution in [-0.4, -0.2) is 31.2 Å². The smallest absolute Gasteiger partial charge is 0.255 e. The predicted octanol–water partition coefficient (Wildman–Crippen LogP) is 8.04. The lowest BCUT2D eigenvalue weighted by molar-refractivity contribution is 0.0964. The first-order valence-electron chi connectivity index (χ1n) is 12.5. The fraction of sp³-hybridized carbons (Fsp3) is 0.133. The summed E-state index contributed by atoms with van der Waals surface area (Å²) in [5, 5.41) is 3.26. The number of oxazole rings is 1. The lowest BCUT2D eigenvalue weighted by Gasteiger charge is -2.23. The van der Waals surface area contributed by atoms with Gasteiger partial charge < -0.3 is 22.6 Å². The van der Waals surface area contributed by atoms with Crippen LogP contribution in [0.4, 0.5) is 14.5 Å². The van der Waals surface area contributed by atoms with Crippen LogP contribution >= 0.6 is 24.0 Å². The van der Waals surface area contributed by atoms with Crippen molar-refractivity contribution in [3.05, 3.63) is 94.9 Å². The summed E-state index contributed by atoms with van der Waals surface area (Å²) < 4.78 is 48.0. The largest absolute Gasteiger partial charge is 0.455 e. The average molecular weight is 592 g/mol. The van der Waals surface area contributed by atoms with E-state index in [9.17, 15) is 13.6 Å². The topological polar surface area (TPSA) is 80.7 Å². The highest BCUT2D eigenvalue weighted by Gasteiger charge is 2.28. The van der Waals surface area contributed by atoms with Gasteiger partial charge in [0.05, 0.1) is 23.3 Å². The number of hydrogen-bond acceptors (Lipinski definition) is 8. The summed E-state index contributed by atoms with van der Waals surface area (Å²) in [7, 11) is 3.46. The van der Waals surface area contributed by atoms with E-state index in [1.54, 1.807) is 31.3 Å². The van der Waals surface area contributed by atoms with Gasteiger partial charge in [-0.15, -0.1) is 0 Å². The van der Waals surface area contributed by atoms with Gasteiger partial charge in [0.15, 0.2) is 11.4 Å². The first kappa shape index (κ1) is 27.0. The van der Waals surface area contributed by atoms with Gasteiger partial charge in [0, 0.05) is 42.9 Å². The maximum absolute atomic E-state index is 14.2. The molecule has 0 spiro atoms. The fourth-order valence-corrected chi connectivity index (χ4v) is 5.63. The van der Waals surface area contributed by atoms with Crippen molar-refractivity contribution >= 4 is 68.3 Å². The van der Waals surface area contributed by atoms with E-state index in [1.807, 2.05) is 42.7 Å². The molecule has 0 aliphatic carbocycles. The Balaban J connectivity index is 1.52. The Bertz CT molecular complexity index is 1890. The number of amides is 1. The number of benzene rings is 3. The lowest BCUT2D eigenvalue weighted by atomic mass is 10.0. The number of rotatable bonds is 6. The van der Waals surface area contributed by atoms with Crippen molar-refractivity contribution in [2.75, 3.05) is 24.7 Å². The first-order valence-corrected chi connectivity index (χ1v) is 14.4. The summed E-state index contributed by atoms with van der Waals surface area (Å²) >= 11 is 2.56. The van der Waals surface area contributed by atoms with Crippen molar-refractivity contribution in [2.45, 2.75) is 6.92 Å². The molecular formula is C30H23F2N3O4S2. The van der Waals surface area contributed by atoms with E-state index in [0.29, 0.717) is 44.1 Å². The molecule has 7 nitrogen and oxygen atoms in total. The molecule has 1 amide bonds. The van der Waals surface area contributed by atoms with E-state index < -0.39 is 5.82 Å². The number of carbonyl (C=O) groups excluding carboxylic acids is 1. The van der Waals surface area contributed by atoms with Gasteiger partial charge in [-0.3, -0.25) is 4.79 Å². The summed E-state index contributed by atoms with van der Waals surface area (Å²) in [6, 6.07) is 14.1. The second-order valence-corrected chi connectivity index (χ2v) is 10.9. The Morgan fingerprint density at radius 2 is 1.85 bits per heavy atom. The molecule has 11 heteroatoms. The number of aromatic nitrogens is 1. The van der Waals surface area contributed by atoms with Crippen LogP contribution in [0.3, 0.4) is 0 Å². The zero-order valence-corrected chi connectivity index (χ0v) is 24.0. The van der Waals surface area contributed by atoms with Crippen molar-refractivity contribution in [3.8, 4) is 11.3 Å². The molecule has 0 fully saturated rings. The molecule has 3 heterocycles. The number of para-hydroxylation sites is 1. The SMILES string of the molecule is CNC(=O)c1c(-c2ccc(F)cc2)oc2cc(N(C)SC)c(C3=CC(C)=C(c4nc5c(F)cccc5o4)SO3)cc12. The summed E-state index contributed by atoms with van der Waals surface area (Å²) in [6.45, 7) is 1.90. The van der Waals surface area contributed by atoms with Crippen molar-refractivity contribution in [1.29, 1.82) is 0 Å². The molecule has 0 unspecified atom stereocenters. The second kappa shape index (κ2) is 10.6. The molecule has 0 saturated heterocycles. The molecule has 3 aromatic carbocycles. The van der Waals surface area contributed by atoms with Crippen LogP contribution in [0.2, 0.25) is 0 Å². The molecular weight excluding hydrogens is 568 g/mol. The minimum Gasteiger partial charge on any atom is -0.455 e. The second-order valence-electron chi connectivity index (χ2n) is 9.23. The number of halogens is 2. The van der Waals surface area contributed by atoms with Crippen molar-refractivity contribution in [1.82, 2.24) is 10.3 Å². The van der Waals surface area contributed by atoms with Crippen LogP contribution in [0.1, 0.15) is 28.7 Å². The first-order chi connectivity index (χ1) is 19.8. The quantitative estimate of drug-likeness (QED) is 0.157. The molecule has 208 valence electrons. The number of furan rings is 1. The Kier molecular flexibility index (Phi) is 7.00. The van der Waals surface area contributed by atoms with Gasteiger partial charge in [-0.05, 0) is 61.0 Å². The van der Waals surface area contributed by atoms with Gasteiger partial charge in [0.1, 0.15) is 33.3 Å². The lowest BCUT2D eigenvalue weighted by Crippen LogP contribution is -2.18. The van der Waals surface area contributed by atoms with Gasteiger partial charge in [-0.2, -0.15) is 0 Å². The van der Waals surface area contributed by atoms with Gasteiger partial charge >= 0.3 is 0 Å². The number of nitrogens with one attached hydrogen (secondary N) is 1. The van der Waals surface area contributed by atoms with Crippen LogP contribution in [0.5, 0.6) is 0 Å². The molecule has 6 rings (SSSR count). The number of allylic oxidation sites excluding steroid dienone is 2. The molecule has 2 aromatic heterocycles. The van der Waals surface area contributed by atoms with Crippen LogP contribution < -0.4 is 9.62 Å². The summed E-state index contributed by atoms with van der Waals surface area (Å²) in [5.74, 6) is -0.0385. The highest BCUT2D eigenvalue weighted by molar-refractivity contribution is 8.04. The Morgan fingerprint density at radius 3 is 2.54 bits per heavy atom. The summed E-state index contributed by atoms with van der Waals surface area (Å²) in [4.78, 5) is 18.1. The number of hydrogen-bond donors (Lipinski definition) is 1. The molecule has 0 bridgehead atoms. The molecule has 1 aliphatic heterocycles. The molecule has 1 N–H and O–H groups in total. The molecule has 5 aromatic rings. The van der Waals surface area contributed by atoms with Crippen molar-refractivity contribution < 1.29 is 26.6 Å². The number of fused-ring (bicyclic) bond motifs is 2. The Morgan fingerprint density at radius 1 is 1.07 bits per heavy atom. The average Bonchev–Trinajstić information content (AvgIpc) is 3.58. The number of carbonyl (C=O) groups is 1. The van der Waals surface area contributed by atoms with Gasteiger partial charge in [-0.1, -0.05) is 18.0 Å². The highest BCUT2D eigenvalue weighted by atomic mass is 32.2. The third-order valence-corrected chi connectivity index (χ3v) is 8.40. The minimum atomic E-state index is -0.459. The van der Waals surface area contributed by atoms with Crippen LogP contribution in [0.15, 0.2) is 75.1 Å². The van der Waals surface area contributed by atoms with E-state index in [-0.39, 0.29) is 23.1 Å². The Labute approximate surface area is 242 Å². The normalized spacial score (nSPS) is 13.5. The van der Waals surface area contributed by atoms with Gasteiger partial charge in [0.25, 0.3) is 5.91 Å². The monoisotopic (exact) mass is 591 g/mol. The van der Waals surface area contributed by atoms with Crippen LogP contribution in [-0.2, 0) is 4.18 Å². The third-order valence-electron chi connectivity index (χ3n) is 6.73. The van der Waals surface area contributed by atoms with Crippen LogP contribution in [0, 0.1) is 11.6 Å². The highest BCUT2D eigenvalue weighted by Crippen LogP contribution is 2.46. The molecule has 0 atom stereocenters. The van der Waals surface area contributed by atoms with E-state index in [2.05, 4.69) is 10.3 Å². The van der Waals surface area contributed by atoms with E-state index >= 15 is 0 Å². The summed E-state index contributed by atoms with van der Waals surface area (Å²) in [5.41, 5.74) is 4.23. The Hall–Kier alpha value is -4.22. The van der Waals surface area contributed by atoms with Gasteiger partial charge in [0.2, 0.25) is 5.89 Å². The molecule has 1 aliphatic rings. The predicted molar refractivity (Wildman–Crippen MR) is 160 cm³/mol.